The van der Waals surface area contributed by atoms with Crippen LogP contribution in [0.3, 0.4) is 0 Å². The Labute approximate surface area is 114 Å². The van der Waals surface area contributed by atoms with Crippen molar-refractivity contribution < 1.29 is 24.5 Å². The molecule has 0 radical (unpaired) electrons. The summed E-state index contributed by atoms with van der Waals surface area (Å²) in [5.74, 6) is -0.452. The number of ether oxygens (including phenoxy) is 2. The van der Waals surface area contributed by atoms with E-state index in [9.17, 15) is 15.0 Å². The van der Waals surface area contributed by atoms with E-state index in [1.165, 1.54) is 0 Å². The van der Waals surface area contributed by atoms with Crippen LogP contribution >= 0.6 is 0 Å². The lowest BCUT2D eigenvalue weighted by molar-refractivity contribution is -0.141. The zero-order chi connectivity index (χ0) is 14.4. The number of rotatable bonds is 6. The fourth-order valence-electron chi connectivity index (χ4n) is 2.13. The highest BCUT2D eigenvalue weighted by molar-refractivity contribution is 5.88. The van der Waals surface area contributed by atoms with Gasteiger partial charge in [-0.2, -0.15) is 0 Å². The molecule has 0 bridgehead atoms. The van der Waals surface area contributed by atoms with E-state index in [2.05, 4.69) is 0 Å². The molecule has 2 N–H and O–H groups in total. The molecule has 5 heteroatoms. The summed E-state index contributed by atoms with van der Waals surface area (Å²) >= 11 is 0. The van der Waals surface area contributed by atoms with Crippen molar-refractivity contribution in [2.24, 2.45) is 0 Å². The normalized spacial score (nSPS) is 27.3. The molecule has 0 aromatic carbocycles. The predicted octanol–water partition coefficient (Wildman–Crippen LogP) is 1.18. The zero-order valence-electron chi connectivity index (χ0n) is 11.8. The molecule has 0 aromatic heterocycles. The molecule has 3 atom stereocenters. The maximum absolute atomic E-state index is 11.7. The molecule has 0 fully saturated rings. The molecule has 1 aliphatic carbocycles. The maximum Gasteiger partial charge on any atom is 0.333 e. The van der Waals surface area contributed by atoms with Gasteiger partial charge in [0.2, 0.25) is 0 Å². The van der Waals surface area contributed by atoms with E-state index >= 15 is 0 Å². The second-order valence-electron chi connectivity index (χ2n) is 4.71. The fourth-order valence-corrected chi connectivity index (χ4v) is 2.13. The summed E-state index contributed by atoms with van der Waals surface area (Å²) in [4.78, 5) is 11.7. The molecule has 0 saturated heterocycles. The molecule has 0 aliphatic heterocycles. The van der Waals surface area contributed by atoms with Gasteiger partial charge < -0.3 is 19.7 Å². The van der Waals surface area contributed by atoms with Crippen molar-refractivity contribution in [1.82, 2.24) is 0 Å². The standard InChI is InChI=1S/C14H24O5/c1-4-10(5-2)19-12-8-9(14(17)18-6-3)7-11(15)13(12)16/h8,10-13,15-16H,4-7H2,1-3H3/t11-,12+,13+/m0/s1. The van der Waals surface area contributed by atoms with Gasteiger partial charge in [0.15, 0.2) is 0 Å². The second kappa shape index (κ2) is 7.62. The Balaban J connectivity index is 2.81. The molecule has 0 saturated carbocycles. The molecular weight excluding hydrogens is 248 g/mol. The molecule has 5 nitrogen and oxygen atoms in total. The van der Waals surface area contributed by atoms with Crippen LogP contribution in [0, 0.1) is 0 Å². The number of esters is 1. The lowest BCUT2D eigenvalue weighted by atomic mass is 9.92. The molecule has 110 valence electrons. The minimum Gasteiger partial charge on any atom is -0.463 e. The first kappa shape index (κ1) is 16.1. The Bertz CT molecular complexity index is 322. The van der Waals surface area contributed by atoms with Gasteiger partial charge in [0.1, 0.15) is 12.2 Å². The number of carbonyl (C=O) groups excluding carboxylic acids is 1. The van der Waals surface area contributed by atoms with Crippen LogP contribution in [0.5, 0.6) is 0 Å². The molecule has 0 spiro atoms. The van der Waals surface area contributed by atoms with Crippen molar-refractivity contribution >= 4 is 5.97 Å². The molecule has 1 rings (SSSR count). The Kier molecular flexibility index (Phi) is 6.48. The second-order valence-corrected chi connectivity index (χ2v) is 4.71. The minimum absolute atomic E-state index is 0.00430. The van der Waals surface area contributed by atoms with Gasteiger partial charge in [0.25, 0.3) is 0 Å². The first-order chi connectivity index (χ1) is 9.03. The van der Waals surface area contributed by atoms with Crippen LogP contribution in [-0.2, 0) is 14.3 Å². The van der Waals surface area contributed by atoms with E-state index in [0.717, 1.165) is 12.8 Å². The third-order valence-electron chi connectivity index (χ3n) is 3.32. The van der Waals surface area contributed by atoms with Crippen molar-refractivity contribution in [3.8, 4) is 0 Å². The van der Waals surface area contributed by atoms with Crippen LogP contribution in [0.4, 0.5) is 0 Å². The fraction of sp³-hybridized carbons (Fsp3) is 0.786. The zero-order valence-corrected chi connectivity index (χ0v) is 11.8. The summed E-state index contributed by atoms with van der Waals surface area (Å²) in [6.07, 6.45) is 0.660. The van der Waals surface area contributed by atoms with Gasteiger partial charge >= 0.3 is 5.97 Å². The lowest BCUT2D eigenvalue weighted by Crippen LogP contribution is -2.44. The van der Waals surface area contributed by atoms with Crippen LogP contribution in [0.2, 0.25) is 0 Å². The highest BCUT2D eigenvalue weighted by atomic mass is 16.5. The Morgan fingerprint density at radius 2 is 2.00 bits per heavy atom. The van der Waals surface area contributed by atoms with E-state index in [4.69, 9.17) is 9.47 Å². The van der Waals surface area contributed by atoms with Crippen LogP contribution in [0.1, 0.15) is 40.0 Å². The molecule has 0 heterocycles. The van der Waals surface area contributed by atoms with Gasteiger partial charge in [-0.25, -0.2) is 4.79 Å². The Morgan fingerprint density at radius 1 is 1.37 bits per heavy atom. The summed E-state index contributed by atoms with van der Waals surface area (Å²) in [5, 5.41) is 19.8. The molecular formula is C14H24O5. The third-order valence-corrected chi connectivity index (χ3v) is 3.32. The van der Waals surface area contributed by atoms with Crippen molar-refractivity contribution in [1.29, 1.82) is 0 Å². The SMILES string of the molecule is CCOC(=O)C1=C[C@@H](OC(CC)CC)[C@H](O)[C@@H](O)C1. The number of hydrogen-bond donors (Lipinski definition) is 2. The highest BCUT2D eigenvalue weighted by Gasteiger charge is 2.34. The van der Waals surface area contributed by atoms with Crippen LogP contribution in [0.25, 0.3) is 0 Å². The largest absolute Gasteiger partial charge is 0.463 e. The Hall–Kier alpha value is -0.910. The van der Waals surface area contributed by atoms with Crippen molar-refractivity contribution in [3.63, 3.8) is 0 Å². The van der Waals surface area contributed by atoms with E-state index in [-0.39, 0.29) is 19.1 Å². The van der Waals surface area contributed by atoms with Crippen LogP contribution < -0.4 is 0 Å². The van der Waals surface area contributed by atoms with Gasteiger partial charge in [-0.1, -0.05) is 13.8 Å². The molecule has 1 aliphatic rings. The molecule has 19 heavy (non-hydrogen) atoms. The minimum atomic E-state index is -1.00. The summed E-state index contributed by atoms with van der Waals surface area (Å²) in [6, 6.07) is 0. The average Bonchev–Trinajstić information content (AvgIpc) is 2.40. The quantitative estimate of drug-likeness (QED) is 0.710. The van der Waals surface area contributed by atoms with Crippen LogP contribution in [0.15, 0.2) is 11.6 Å². The maximum atomic E-state index is 11.7. The van der Waals surface area contributed by atoms with Gasteiger partial charge in [0, 0.05) is 12.0 Å². The average molecular weight is 272 g/mol. The lowest BCUT2D eigenvalue weighted by Gasteiger charge is -2.32. The van der Waals surface area contributed by atoms with Gasteiger partial charge in [0.05, 0.1) is 18.8 Å². The molecule has 0 unspecified atom stereocenters. The Morgan fingerprint density at radius 3 is 2.53 bits per heavy atom. The topological polar surface area (TPSA) is 76.0 Å². The van der Waals surface area contributed by atoms with Crippen LogP contribution in [-0.4, -0.2) is 47.2 Å². The number of aliphatic hydroxyl groups is 2. The molecule has 0 amide bonds. The third kappa shape index (κ3) is 4.30. The summed E-state index contributed by atoms with van der Waals surface area (Å²) < 4.78 is 10.7. The number of aliphatic hydroxyl groups excluding tert-OH is 2. The monoisotopic (exact) mass is 272 g/mol. The highest BCUT2D eigenvalue weighted by Crippen LogP contribution is 2.24. The van der Waals surface area contributed by atoms with E-state index in [0.29, 0.717) is 5.57 Å². The van der Waals surface area contributed by atoms with Gasteiger partial charge in [-0.05, 0) is 25.8 Å². The number of hydrogen-bond acceptors (Lipinski definition) is 5. The summed E-state index contributed by atoms with van der Waals surface area (Å²) in [6.45, 7) is 6.00. The van der Waals surface area contributed by atoms with Crippen molar-refractivity contribution in [3.05, 3.63) is 11.6 Å². The molecule has 0 aromatic rings. The predicted molar refractivity (Wildman–Crippen MR) is 70.6 cm³/mol. The van der Waals surface area contributed by atoms with E-state index in [1.807, 2.05) is 13.8 Å². The van der Waals surface area contributed by atoms with Crippen molar-refractivity contribution in [2.45, 2.75) is 64.4 Å². The van der Waals surface area contributed by atoms with Gasteiger partial charge in [-0.3, -0.25) is 0 Å². The van der Waals surface area contributed by atoms with Crippen molar-refractivity contribution in [2.75, 3.05) is 6.61 Å². The van der Waals surface area contributed by atoms with Gasteiger partial charge in [-0.15, -0.1) is 0 Å². The number of carbonyl (C=O) groups is 1. The smallest absolute Gasteiger partial charge is 0.333 e. The van der Waals surface area contributed by atoms with E-state index < -0.39 is 24.3 Å². The van der Waals surface area contributed by atoms with E-state index in [1.54, 1.807) is 13.0 Å². The summed E-state index contributed by atoms with van der Waals surface area (Å²) in [5.41, 5.74) is 0.371. The summed E-state index contributed by atoms with van der Waals surface area (Å²) in [7, 11) is 0. The first-order valence-corrected chi connectivity index (χ1v) is 6.92. The first-order valence-electron chi connectivity index (χ1n) is 6.92.